The number of anilines is 2. The van der Waals surface area contributed by atoms with Crippen LogP contribution in [0.1, 0.15) is 38.6 Å². The number of benzene rings is 1. The topological polar surface area (TPSA) is 139 Å². The van der Waals surface area contributed by atoms with Crippen LogP contribution in [-0.4, -0.2) is 109 Å². The van der Waals surface area contributed by atoms with Crippen molar-refractivity contribution in [2.75, 3.05) is 51.4 Å². The third-order valence-corrected chi connectivity index (χ3v) is 8.67. The fourth-order valence-electron chi connectivity index (χ4n) is 5.99. The number of hydrogen-bond donors (Lipinski definition) is 1. The Morgan fingerprint density at radius 2 is 1.80 bits per heavy atom. The summed E-state index contributed by atoms with van der Waals surface area (Å²) < 4.78 is 63.1. The third kappa shape index (κ3) is 9.77. The van der Waals surface area contributed by atoms with Crippen LogP contribution in [0.2, 0.25) is 5.02 Å². The van der Waals surface area contributed by atoms with Crippen molar-refractivity contribution in [3.05, 3.63) is 48.1 Å². The Morgan fingerprint density at radius 3 is 2.51 bits per heavy atom. The Kier molecular flexibility index (Phi) is 11.4. The van der Waals surface area contributed by atoms with Gasteiger partial charge in [-0.3, -0.25) is 9.58 Å². The molecule has 1 N–H and O–H groups in total. The van der Waals surface area contributed by atoms with Gasteiger partial charge in [0, 0.05) is 37.1 Å². The summed E-state index contributed by atoms with van der Waals surface area (Å²) >= 11 is 6.42. The number of aromatic nitrogens is 8. The van der Waals surface area contributed by atoms with Crippen LogP contribution in [0.3, 0.4) is 0 Å². The molecule has 264 valence electrons. The molecule has 0 unspecified atom stereocenters. The maximum atomic E-state index is 12.5. The van der Waals surface area contributed by atoms with Gasteiger partial charge in [0.1, 0.15) is 37.1 Å². The zero-order valence-electron chi connectivity index (χ0n) is 26.9. The number of alkyl halides is 3. The first kappa shape index (κ1) is 34.8. The average Bonchev–Trinajstić information content (AvgIpc) is 3.76. The summed E-state index contributed by atoms with van der Waals surface area (Å²) in [5.41, 5.74) is 2.02. The normalized spacial score (nSPS) is 19.4. The number of hydrogen-bond acceptors (Lipinski definition) is 12. The molecule has 1 aromatic carbocycles. The van der Waals surface area contributed by atoms with Crippen molar-refractivity contribution in [2.45, 2.75) is 63.5 Å². The minimum Gasteiger partial charge on any atom is -0.487 e. The quantitative estimate of drug-likeness (QED) is 0.177. The molecule has 1 aliphatic heterocycles. The summed E-state index contributed by atoms with van der Waals surface area (Å²) in [5.74, 6) is 1.02. The van der Waals surface area contributed by atoms with Gasteiger partial charge >= 0.3 is 6.18 Å². The van der Waals surface area contributed by atoms with Gasteiger partial charge in [-0.2, -0.15) is 13.2 Å². The standard InChI is InChI=1S/C31H38ClF3N10O4/c1-21(17-44-20-38-41-42-44)49-28-14-22(2-7-26(28)32)23-15-36-30(37-16-23)39-27-18-45(40-29(27)48-13-12-47-19-31(33,34)35)25-5-3-24(4-6-25)43-8-10-46-11-9-43/h2,7,14-16,18,20-21,24-25H,3-6,8-13,17,19H2,1H3,(H,36,37,39)/t21-,24?,25?/m0/s1. The van der Waals surface area contributed by atoms with Gasteiger partial charge in [-0.1, -0.05) is 17.7 Å². The van der Waals surface area contributed by atoms with Crippen molar-refractivity contribution in [3.8, 4) is 22.8 Å². The van der Waals surface area contributed by atoms with Crippen LogP contribution in [0.15, 0.2) is 43.1 Å². The number of rotatable bonds is 14. The molecule has 3 aromatic heterocycles. The lowest BCUT2D eigenvalue weighted by Crippen LogP contribution is -2.45. The summed E-state index contributed by atoms with van der Waals surface area (Å²) in [4.78, 5) is 11.5. The van der Waals surface area contributed by atoms with Crippen LogP contribution in [0.4, 0.5) is 24.8 Å². The van der Waals surface area contributed by atoms with Gasteiger partial charge in [0.2, 0.25) is 5.95 Å². The summed E-state index contributed by atoms with van der Waals surface area (Å²) in [6.45, 7) is 4.07. The van der Waals surface area contributed by atoms with E-state index in [0.29, 0.717) is 29.0 Å². The van der Waals surface area contributed by atoms with Crippen molar-refractivity contribution in [2.24, 2.45) is 0 Å². The average molecular weight is 707 g/mol. The van der Waals surface area contributed by atoms with E-state index in [0.717, 1.165) is 63.1 Å². The highest BCUT2D eigenvalue weighted by Crippen LogP contribution is 2.35. The SMILES string of the molecule is C[C@@H](Cn1cnnn1)Oc1cc(-c2cnc(Nc3cn(C4CCC(N5CCOCC5)CC4)nc3OCCOCC(F)(F)F)nc2)ccc1Cl. The number of ether oxygens (including phenoxy) is 4. The fraction of sp³-hybridized carbons (Fsp3) is 0.548. The van der Waals surface area contributed by atoms with Gasteiger partial charge < -0.3 is 24.3 Å². The summed E-state index contributed by atoms with van der Waals surface area (Å²) in [7, 11) is 0. The summed E-state index contributed by atoms with van der Waals surface area (Å²) in [5, 5.41) is 19.4. The van der Waals surface area contributed by atoms with Crippen molar-refractivity contribution in [3.63, 3.8) is 0 Å². The minimum absolute atomic E-state index is 0.110. The number of halogens is 4. The Balaban J connectivity index is 1.12. The van der Waals surface area contributed by atoms with Gasteiger partial charge in [-0.05, 0) is 60.7 Å². The van der Waals surface area contributed by atoms with Crippen molar-refractivity contribution >= 4 is 23.2 Å². The first-order valence-electron chi connectivity index (χ1n) is 16.1. The molecule has 49 heavy (non-hydrogen) atoms. The van der Waals surface area contributed by atoms with Gasteiger partial charge in [-0.15, -0.1) is 10.2 Å². The zero-order valence-corrected chi connectivity index (χ0v) is 27.7. The lowest BCUT2D eigenvalue weighted by Gasteiger charge is -2.38. The van der Waals surface area contributed by atoms with Crippen LogP contribution in [-0.2, 0) is 16.0 Å². The van der Waals surface area contributed by atoms with E-state index in [4.69, 9.17) is 30.5 Å². The molecule has 6 rings (SSSR count). The van der Waals surface area contributed by atoms with Gasteiger partial charge in [-0.25, -0.2) is 14.6 Å². The number of tetrazole rings is 1. The maximum Gasteiger partial charge on any atom is 0.411 e. The van der Waals surface area contributed by atoms with Crippen molar-refractivity contribution < 1.29 is 32.1 Å². The molecule has 2 fully saturated rings. The molecule has 1 saturated carbocycles. The van der Waals surface area contributed by atoms with E-state index in [2.05, 4.69) is 40.8 Å². The highest BCUT2D eigenvalue weighted by Gasteiger charge is 2.29. The first-order chi connectivity index (χ1) is 23.7. The molecule has 0 radical (unpaired) electrons. The van der Waals surface area contributed by atoms with Crippen LogP contribution < -0.4 is 14.8 Å². The Hall–Kier alpha value is -4.06. The molecule has 4 aromatic rings. The van der Waals surface area contributed by atoms with Crippen LogP contribution in [0.5, 0.6) is 11.6 Å². The summed E-state index contributed by atoms with van der Waals surface area (Å²) in [6.07, 6.45) is 5.95. The van der Waals surface area contributed by atoms with Crippen LogP contribution >= 0.6 is 11.6 Å². The molecular formula is C31H38ClF3N10O4. The second-order valence-electron chi connectivity index (χ2n) is 12.0. The highest BCUT2D eigenvalue weighted by molar-refractivity contribution is 6.32. The summed E-state index contributed by atoms with van der Waals surface area (Å²) in [6, 6.07) is 6.07. The fourth-order valence-corrected chi connectivity index (χ4v) is 6.15. The molecule has 4 heterocycles. The van der Waals surface area contributed by atoms with Gasteiger partial charge in [0.15, 0.2) is 0 Å². The number of morpholine rings is 1. The van der Waals surface area contributed by atoms with E-state index in [-0.39, 0.29) is 37.2 Å². The van der Waals surface area contributed by atoms with E-state index in [1.54, 1.807) is 23.1 Å². The molecule has 1 aliphatic carbocycles. The van der Waals surface area contributed by atoms with E-state index >= 15 is 0 Å². The molecule has 18 heteroatoms. The lowest BCUT2D eigenvalue weighted by molar-refractivity contribution is -0.175. The van der Waals surface area contributed by atoms with E-state index in [1.807, 2.05) is 29.9 Å². The maximum absolute atomic E-state index is 12.5. The largest absolute Gasteiger partial charge is 0.487 e. The van der Waals surface area contributed by atoms with E-state index in [1.165, 1.54) is 6.33 Å². The second-order valence-corrected chi connectivity index (χ2v) is 12.4. The number of nitrogens with one attached hydrogen (secondary N) is 1. The molecule has 1 saturated heterocycles. The highest BCUT2D eigenvalue weighted by atomic mass is 35.5. The van der Waals surface area contributed by atoms with Gasteiger partial charge in [0.05, 0.1) is 43.6 Å². The van der Waals surface area contributed by atoms with Crippen molar-refractivity contribution in [1.29, 1.82) is 0 Å². The first-order valence-corrected chi connectivity index (χ1v) is 16.5. The predicted octanol–water partition coefficient (Wildman–Crippen LogP) is 4.96. The van der Waals surface area contributed by atoms with Gasteiger partial charge in [0.25, 0.3) is 5.88 Å². The van der Waals surface area contributed by atoms with E-state index in [9.17, 15) is 13.2 Å². The van der Waals surface area contributed by atoms with Crippen molar-refractivity contribution in [1.82, 2.24) is 44.9 Å². The zero-order chi connectivity index (χ0) is 34.2. The molecular weight excluding hydrogens is 669 g/mol. The monoisotopic (exact) mass is 706 g/mol. The Bertz CT molecular complexity index is 1610. The van der Waals surface area contributed by atoms with E-state index < -0.39 is 12.8 Å². The van der Waals surface area contributed by atoms with Crippen LogP contribution in [0, 0.1) is 0 Å². The second kappa shape index (κ2) is 16.1. The molecule has 0 spiro atoms. The molecule has 0 bridgehead atoms. The number of nitrogens with zero attached hydrogens (tertiary/aromatic N) is 9. The Labute approximate surface area is 285 Å². The minimum atomic E-state index is -4.41. The third-order valence-electron chi connectivity index (χ3n) is 8.36. The lowest BCUT2D eigenvalue weighted by atomic mass is 9.90. The molecule has 0 amide bonds. The molecule has 2 aliphatic rings. The van der Waals surface area contributed by atoms with Crippen LogP contribution in [0.25, 0.3) is 11.1 Å². The molecule has 14 nitrogen and oxygen atoms in total. The Morgan fingerprint density at radius 1 is 1.04 bits per heavy atom. The molecule has 1 atom stereocenters. The smallest absolute Gasteiger partial charge is 0.411 e. The predicted molar refractivity (Wildman–Crippen MR) is 172 cm³/mol.